The lowest BCUT2D eigenvalue weighted by molar-refractivity contribution is -0.135. The van der Waals surface area contributed by atoms with E-state index in [2.05, 4.69) is 29.6 Å². The van der Waals surface area contributed by atoms with E-state index in [-0.39, 0.29) is 18.4 Å². The molecule has 0 unspecified atom stereocenters. The molecule has 2 aromatic rings. The number of hydrogen-bond donors (Lipinski definition) is 2. The first-order valence-corrected chi connectivity index (χ1v) is 10.8. The third kappa shape index (κ3) is 4.66. The van der Waals surface area contributed by atoms with Crippen LogP contribution in [0.25, 0.3) is 11.1 Å². The molecule has 0 fully saturated rings. The molecule has 0 bridgehead atoms. The number of nitrogens with zero attached hydrogens (tertiary/aromatic N) is 1. The summed E-state index contributed by atoms with van der Waals surface area (Å²) in [5.41, 5.74) is 5.03. The van der Waals surface area contributed by atoms with Crippen molar-refractivity contribution in [2.24, 2.45) is 0 Å². The molecule has 2 amide bonds. The van der Waals surface area contributed by atoms with E-state index in [9.17, 15) is 14.4 Å². The number of carboxylic acids is 1. The van der Waals surface area contributed by atoms with Crippen molar-refractivity contribution in [3.8, 4) is 11.1 Å². The summed E-state index contributed by atoms with van der Waals surface area (Å²) in [5.74, 6) is -0.956. The maximum atomic E-state index is 12.3. The number of fused-ring (bicyclic) bond motifs is 3. The predicted molar refractivity (Wildman–Crippen MR) is 119 cm³/mol. The number of benzene rings is 2. The highest BCUT2D eigenvalue weighted by Crippen LogP contribution is 2.44. The topological polar surface area (TPSA) is 95.9 Å². The van der Waals surface area contributed by atoms with Crippen LogP contribution in [0.15, 0.2) is 60.2 Å². The molecule has 0 spiro atoms. The van der Waals surface area contributed by atoms with Crippen LogP contribution in [-0.2, 0) is 14.3 Å². The fourth-order valence-electron chi connectivity index (χ4n) is 4.33. The number of carbonyl (C=O) groups excluding carboxylic acids is 2. The van der Waals surface area contributed by atoms with Gasteiger partial charge in [0.15, 0.2) is 0 Å². The molecule has 7 heteroatoms. The van der Waals surface area contributed by atoms with Crippen LogP contribution in [0.3, 0.4) is 0 Å². The van der Waals surface area contributed by atoms with Crippen molar-refractivity contribution in [1.29, 1.82) is 0 Å². The molecular weight excluding hydrogens is 408 g/mol. The van der Waals surface area contributed by atoms with Crippen LogP contribution in [0, 0.1) is 0 Å². The lowest BCUT2D eigenvalue weighted by Gasteiger charge is -2.25. The van der Waals surface area contributed by atoms with Crippen molar-refractivity contribution < 1.29 is 24.2 Å². The summed E-state index contributed by atoms with van der Waals surface area (Å²) in [7, 11) is 0. The van der Waals surface area contributed by atoms with E-state index < -0.39 is 12.1 Å². The molecule has 2 N–H and O–H groups in total. The van der Waals surface area contributed by atoms with Crippen LogP contribution >= 0.6 is 0 Å². The summed E-state index contributed by atoms with van der Waals surface area (Å²) in [5, 5.41) is 11.7. The van der Waals surface area contributed by atoms with Crippen LogP contribution in [0.5, 0.6) is 0 Å². The molecule has 1 aliphatic heterocycles. The summed E-state index contributed by atoms with van der Waals surface area (Å²) >= 11 is 0. The molecular formula is C25H26N2O5. The monoisotopic (exact) mass is 434 g/mol. The van der Waals surface area contributed by atoms with Gasteiger partial charge in [0.25, 0.3) is 0 Å². The molecule has 0 saturated heterocycles. The zero-order valence-electron chi connectivity index (χ0n) is 17.8. The number of nitrogens with one attached hydrogen (secondary N) is 1. The largest absolute Gasteiger partial charge is 0.478 e. The number of alkyl carbamates (subject to hydrolysis) is 1. The quantitative estimate of drug-likeness (QED) is 0.650. The lowest BCUT2D eigenvalue weighted by Crippen LogP contribution is -2.36. The molecule has 0 saturated carbocycles. The van der Waals surface area contributed by atoms with Gasteiger partial charge in [-0.1, -0.05) is 54.6 Å². The highest BCUT2D eigenvalue weighted by molar-refractivity contribution is 5.87. The Morgan fingerprint density at radius 1 is 1.03 bits per heavy atom. The molecule has 0 atom stereocenters. The second kappa shape index (κ2) is 9.68. The van der Waals surface area contributed by atoms with E-state index in [1.54, 1.807) is 11.0 Å². The third-order valence-corrected chi connectivity index (χ3v) is 6.02. The van der Waals surface area contributed by atoms with Gasteiger partial charge in [-0.3, -0.25) is 4.79 Å². The highest BCUT2D eigenvalue weighted by atomic mass is 16.5. The second-order valence-electron chi connectivity index (χ2n) is 7.98. The Morgan fingerprint density at radius 3 is 2.28 bits per heavy atom. The van der Waals surface area contributed by atoms with Gasteiger partial charge in [0.05, 0.1) is 0 Å². The Kier molecular flexibility index (Phi) is 6.54. The highest BCUT2D eigenvalue weighted by Gasteiger charge is 2.29. The number of hydrogen-bond acceptors (Lipinski definition) is 4. The zero-order valence-corrected chi connectivity index (χ0v) is 17.8. The molecule has 0 radical (unpaired) electrons. The van der Waals surface area contributed by atoms with Gasteiger partial charge < -0.3 is 20.1 Å². The number of carbonyl (C=O) groups is 3. The molecule has 2 aromatic carbocycles. The first-order valence-electron chi connectivity index (χ1n) is 10.8. The van der Waals surface area contributed by atoms with E-state index in [1.165, 1.54) is 11.1 Å². The first kappa shape index (κ1) is 21.6. The maximum Gasteiger partial charge on any atom is 0.407 e. The van der Waals surface area contributed by atoms with Crippen LogP contribution < -0.4 is 5.32 Å². The molecule has 4 rings (SSSR count). The Labute approximate surface area is 186 Å². The molecule has 32 heavy (non-hydrogen) atoms. The molecule has 166 valence electrons. The minimum Gasteiger partial charge on any atom is -0.478 e. The van der Waals surface area contributed by atoms with E-state index in [1.807, 2.05) is 24.3 Å². The van der Waals surface area contributed by atoms with E-state index in [0.29, 0.717) is 44.5 Å². The normalized spacial score (nSPS) is 14.9. The summed E-state index contributed by atoms with van der Waals surface area (Å²) in [6.45, 7) is 1.33. The summed E-state index contributed by atoms with van der Waals surface area (Å²) < 4.78 is 5.49. The molecule has 1 heterocycles. The van der Waals surface area contributed by atoms with Gasteiger partial charge in [0, 0.05) is 37.5 Å². The minimum absolute atomic E-state index is 0.0116. The summed E-state index contributed by atoms with van der Waals surface area (Å²) in [6.07, 6.45) is 2.23. The van der Waals surface area contributed by atoms with Gasteiger partial charge in [-0.2, -0.15) is 0 Å². The first-order chi connectivity index (χ1) is 15.5. The molecule has 1 aliphatic carbocycles. The van der Waals surface area contributed by atoms with Crippen molar-refractivity contribution >= 4 is 18.0 Å². The zero-order chi connectivity index (χ0) is 22.5. The SMILES string of the molecule is O=C(NCCCC(=O)N1CC=C(C(=O)O)CC1)OCC1c2ccccc2-c2ccccc21. The van der Waals surface area contributed by atoms with Crippen molar-refractivity contribution in [2.75, 3.05) is 26.2 Å². The van der Waals surface area contributed by atoms with E-state index in [0.717, 1.165) is 11.1 Å². The van der Waals surface area contributed by atoms with Crippen LogP contribution in [0.4, 0.5) is 4.79 Å². The average Bonchev–Trinajstić information content (AvgIpc) is 3.14. The maximum absolute atomic E-state index is 12.3. The van der Waals surface area contributed by atoms with Crippen molar-refractivity contribution in [3.05, 3.63) is 71.3 Å². The van der Waals surface area contributed by atoms with Gasteiger partial charge in [-0.15, -0.1) is 0 Å². The number of carboxylic acid groups (broad SMARTS) is 1. The van der Waals surface area contributed by atoms with Gasteiger partial charge in [-0.05, 0) is 35.1 Å². The summed E-state index contributed by atoms with van der Waals surface area (Å²) in [6, 6.07) is 16.3. The van der Waals surface area contributed by atoms with Gasteiger partial charge >= 0.3 is 12.1 Å². The predicted octanol–water partition coefficient (Wildman–Crippen LogP) is 3.55. The molecule has 0 aromatic heterocycles. The Balaban J connectivity index is 1.20. The number of rotatable bonds is 7. The molecule has 7 nitrogen and oxygen atoms in total. The van der Waals surface area contributed by atoms with Crippen LogP contribution in [-0.4, -0.2) is 54.2 Å². The van der Waals surface area contributed by atoms with Gasteiger partial charge in [0.2, 0.25) is 5.91 Å². The smallest absolute Gasteiger partial charge is 0.407 e. The Bertz CT molecular complexity index is 1020. The van der Waals surface area contributed by atoms with Crippen LogP contribution in [0.2, 0.25) is 0 Å². The summed E-state index contributed by atoms with van der Waals surface area (Å²) in [4.78, 5) is 37.0. The van der Waals surface area contributed by atoms with Crippen molar-refractivity contribution in [1.82, 2.24) is 10.2 Å². The third-order valence-electron chi connectivity index (χ3n) is 6.02. The van der Waals surface area contributed by atoms with Crippen molar-refractivity contribution in [3.63, 3.8) is 0 Å². The second-order valence-corrected chi connectivity index (χ2v) is 7.98. The standard InChI is InChI=1S/C25H26N2O5/c28-23(27-14-11-17(12-15-27)24(29)30)10-5-13-26-25(31)32-16-22-20-8-3-1-6-18(20)19-7-2-4-9-21(19)22/h1-4,6-9,11,22H,5,10,12-16H2,(H,26,31)(H,29,30). The number of amides is 2. The van der Waals surface area contributed by atoms with E-state index >= 15 is 0 Å². The average molecular weight is 434 g/mol. The fourth-order valence-corrected chi connectivity index (χ4v) is 4.33. The Hall–Kier alpha value is -3.61. The van der Waals surface area contributed by atoms with E-state index in [4.69, 9.17) is 9.84 Å². The van der Waals surface area contributed by atoms with Crippen molar-refractivity contribution in [2.45, 2.75) is 25.2 Å². The minimum atomic E-state index is -0.926. The van der Waals surface area contributed by atoms with Crippen LogP contribution in [0.1, 0.15) is 36.3 Å². The number of ether oxygens (including phenoxy) is 1. The molecule has 2 aliphatic rings. The Morgan fingerprint density at radius 2 is 1.69 bits per heavy atom. The van der Waals surface area contributed by atoms with Gasteiger partial charge in [0.1, 0.15) is 6.61 Å². The number of aliphatic carboxylic acids is 1. The van der Waals surface area contributed by atoms with Gasteiger partial charge in [-0.25, -0.2) is 9.59 Å². The fraction of sp³-hybridized carbons (Fsp3) is 0.320. The lowest BCUT2D eigenvalue weighted by atomic mass is 9.98.